The van der Waals surface area contributed by atoms with Gasteiger partial charge < -0.3 is 10.5 Å². The Balaban J connectivity index is 2.06. The monoisotopic (exact) mass is 281 g/mol. The Morgan fingerprint density at radius 3 is 2.29 bits per heavy atom. The van der Waals surface area contributed by atoms with Crippen LogP contribution in [0.15, 0.2) is 52.7 Å². The van der Waals surface area contributed by atoms with E-state index in [0.29, 0.717) is 0 Å². The Morgan fingerprint density at radius 2 is 1.71 bits per heavy atom. The summed E-state index contributed by atoms with van der Waals surface area (Å²) in [6, 6.07) is 13.8. The fraction of sp³-hybridized carbons (Fsp3) is 0.188. The van der Waals surface area contributed by atoms with E-state index in [1.54, 1.807) is 13.8 Å². The van der Waals surface area contributed by atoms with Crippen molar-refractivity contribution in [2.45, 2.75) is 19.4 Å². The van der Waals surface area contributed by atoms with Crippen LogP contribution in [0, 0.1) is 0 Å². The van der Waals surface area contributed by atoms with Crippen molar-refractivity contribution in [2.75, 3.05) is 0 Å². The molecule has 1 heterocycles. The van der Waals surface area contributed by atoms with Crippen molar-refractivity contribution in [3.63, 3.8) is 0 Å². The number of carbonyl (C=O) groups excluding carboxylic acids is 1. The first-order valence-corrected chi connectivity index (χ1v) is 6.62. The molecule has 0 bridgehead atoms. The summed E-state index contributed by atoms with van der Waals surface area (Å²) in [5.41, 5.74) is 8.74. The van der Waals surface area contributed by atoms with Crippen LogP contribution < -0.4 is 5.73 Å². The SMILES string of the molecule is CC(C)(OC(N)=O)c1ccc(-c2ccccc2)c2c1N=N2. The molecule has 0 fully saturated rings. The number of carbonyl (C=O) groups is 1. The van der Waals surface area contributed by atoms with Gasteiger partial charge in [0.25, 0.3) is 0 Å². The van der Waals surface area contributed by atoms with Gasteiger partial charge in [-0.3, -0.25) is 0 Å². The molecule has 1 aliphatic heterocycles. The Hall–Kier alpha value is -2.69. The van der Waals surface area contributed by atoms with Crippen LogP contribution in [-0.4, -0.2) is 6.09 Å². The molecule has 1 amide bonds. The number of nitrogens with two attached hydrogens (primary N) is 1. The lowest BCUT2D eigenvalue weighted by molar-refractivity contribution is 0.0436. The Labute approximate surface area is 122 Å². The van der Waals surface area contributed by atoms with Crippen LogP contribution in [0.2, 0.25) is 0 Å². The van der Waals surface area contributed by atoms with Crippen LogP contribution >= 0.6 is 0 Å². The van der Waals surface area contributed by atoms with Crippen LogP contribution in [0.25, 0.3) is 11.1 Å². The normalized spacial score (nSPS) is 12.5. The van der Waals surface area contributed by atoms with Gasteiger partial charge in [0, 0.05) is 11.1 Å². The van der Waals surface area contributed by atoms with Gasteiger partial charge in [-0.1, -0.05) is 42.5 Å². The molecular formula is C16H15N3O2. The number of amides is 1. The van der Waals surface area contributed by atoms with E-state index in [1.807, 2.05) is 42.5 Å². The Kier molecular flexibility index (Phi) is 2.97. The fourth-order valence-electron chi connectivity index (χ4n) is 2.48. The van der Waals surface area contributed by atoms with Crippen LogP contribution in [0.3, 0.4) is 0 Å². The van der Waals surface area contributed by atoms with E-state index in [9.17, 15) is 4.79 Å². The van der Waals surface area contributed by atoms with Crippen LogP contribution in [0.5, 0.6) is 0 Å². The lowest BCUT2D eigenvalue weighted by Crippen LogP contribution is -2.29. The summed E-state index contributed by atoms with van der Waals surface area (Å²) in [5, 5.41) is 8.20. The summed E-state index contributed by atoms with van der Waals surface area (Å²) in [7, 11) is 0. The largest absolute Gasteiger partial charge is 0.439 e. The highest BCUT2D eigenvalue weighted by molar-refractivity contribution is 5.88. The van der Waals surface area contributed by atoms with Crippen molar-refractivity contribution in [2.24, 2.45) is 16.0 Å². The van der Waals surface area contributed by atoms with E-state index in [2.05, 4.69) is 10.2 Å². The Bertz CT molecular complexity index is 737. The van der Waals surface area contributed by atoms with Gasteiger partial charge in [-0.05, 0) is 19.4 Å². The van der Waals surface area contributed by atoms with Crippen LogP contribution in [0.4, 0.5) is 16.2 Å². The molecule has 2 N–H and O–H groups in total. The van der Waals surface area contributed by atoms with E-state index >= 15 is 0 Å². The quantitative estimate of drug-likeness (QED) is 0.771. The van der Waals surface area contributed by atoms with Crippen molar-refractivity contribution >= 4 is 17.5 Å². The van der Waals surface area contributed by atoms with Crippen LogP contribution in [0.1, 0.15) is 19.4 Å². The van der Waals surface area contributed by atoms with Gasteiger partial charge in [0.1, 0.15) is 17.0 Å². The molecule has 1 aliphatic rings. The van der Waals surface area contributed by atoms with E-state index in [-0.39, 0.29) is 0 Å². The zero-order valence-corrected chi connectivity index (χ0v) is 11.8. The molecule has 0 spiro atoms. The molecule has 0 radical (unpaired) electrons. The standard InChI is InChI=1S/C16H15N3O2/c1-16(2,21-15(17)20)12-9-8-11(13-14(12)19-18-13)10-6-4-3-5-7-10/h3-9H,1-2H3,(H2,17,20). The highest BCUT2D eigenvalue weighted by Gasteiger charge is 2.32. The maximum absolute atomic E-state index is 11.0. The van der Waals surface area contributed by atoms with E-state index < -0.39 is 11.7 Å². The number of azo groups is 1. The first kappa shape index (κ1) is 13.3. The number of nitrogens with zero attached hydrogens (tertiary/aromatic N) is 2. The van der Waals surface area contributed by atoms with Gasteiger partial charge in [0.05, 0.1) is 0 Å². The zero-order chi connectivity index (χ0) is 15.0. The van der Waals surface area contributed by atoms with Gasteiger partial charge in [-0.25, -0.2) is 4.79 Å². The van der Waals surface area contributed by atoms with E-state index in [1.165, 1.54) is 0 Å². The molecule has 0 aliphatic carbocycles. The summed E-state index contributed by atoms with van der Waals surface area (Å²) in [5.74, 6) is 0. The minimum atomic E-state index is -0.843. The molecule has 21 heavy (non-hydrogen) atoms. The average Bonchev–Trinajstić information content (AvgIpc) is 2.38. The number of hydrogen-bond donors (Lipinski definition) is 1. The second-order valence-corrected chi connectivity index (χ2v) is 5.36. The molecule has 2 aromatic rings. The molecule has 5 nitrogen and oxygen atoms in total. The third kappa shape index (κ3) is 2.27. The average molecular weight is 281 g/mol. The number of rotatable bonds is 3. The Morgan fingerprint density at radius 1 is 1.05 bits per heavy atom. The maximum atomic E-state index is 11.0. The number of benzene rings is 2. The molecule has 2 aromatic carbocycles. The number of hydrogen-bond acceptors (Lipinski definition) is 4. The molecule has 5 heteroatoms. The molecule has 106 valence electrons. The smallest absolute Gasteiger partial charge is 0.405 e. The van der Waals surface area contributed by atoms with Gasteiger partial charge in [0.2, 0.25) is 0 Å². The summed E-state index contributed by atoms with van der Waals surface area (Å²) in [6.45, 7) is 3.56. The maximum Gasteiger partial charge on any atom is 0.405 e. The minimum absolute atomic E-state index is 0.752. The first-order chi connectivity index (χ1) is 9.99. The molecule has 0 atom stereocenters. The summed E-state index contributed by atoms with van der Waals surface area (Å²) in [4.78, 5) is 11.0. The van der Waals surface area contributed by atoms with Gasteiger partial charge in [-0.2, -0.15) is 0 Å². The lowest BCUT2D eigenvalue weighted by atomic mass is 9.91. The number of primary amides is 1. The highest BCUT2D eigenvalue weighted by Crippen LogP contribution is 2.50. The predicted molar refractivity (Wildman–Crippen MR) is 79.7 cm³/mol. The van der Waals surface area contributed by atoms with Gasteiger partial charge in [0.15, 0.2) is 0 Å². The second kappa shape index (κ2) is 4.70. The first-order valence-electron chi connectivity index (χ1n) is 6.62. The number of ether oxygens (including phenoxy) is 1. The summed E-state index contributed by atoms with van der Waals surface area (Å²) >= 11 is 0. The molecule has 3 rings (SSSR count). The predicted octanol–water partition coefficient (Wildman–Crippen LogP) is 4.41. The van der Waals surface area contributed by atoms with Crippen molar-refractivity contribution in [3.05, 3.63) is 48.0 Å². The number of fused-ring (bicyclic) bond motifs is 1. The van der Waals surface area contributed by atoms with Crippen molar-refractivity contribution < 1.29 is 9.53 Å². The van der Waals surface area contributed by atoms with Crippen molar-refractivity contribution in [1.29, 1.82) is 0 Å². The zero-order valence-electron chi connectivity index (χ0n) is 11.8. The third-order valence-corrected chi connectivity index (χ3v) is 3.49. The lowest BCUT2D eigenvalue weighted by Gasteiger charge is -2.28. The molecular weight excluding hydrogens is 266 g/mol. The minimum Gasteiger partial charge on any atom is -0.439 e. The van der Waals surface area contributed by atoms with Gasteiger partial charge >= 0.3 is 6.09 Å². The third-order valence-electron chi connectivity index (χ3n) is 3.49. The van der Waals surface area contributed by atoms with Crippen LogP contribution in [-0.2, 0) is 10.3 Å². The van der Waals surface area contributed by atoms with E-state index in [0.717, 1.165) is 28.1 Å². The summed E-state index contributed by atoms with van der Waals surface area (Å²) in [6.07, 6.45) is -0.808. The van der Waals surface area contributed by atoms with Crippen molar-refractivity contribution in [3.8, 4) is 11.1 Å². The molecule has 0 unspecified atom stereocenters. The topological polar surface area (TPSA) is 77.0 Å². The second-order valence-electron chi connectivity index (χ2n) is 5.36. The molecule has 0 aromatic heterocycles. The molecule has 0 saturated carbocycles. The molecule has 0 saturated heterocycles. The fourth-order valence-corrected chi connectivity index (χ4v) is 2.48. The van der Waals surface area contributed by atoms with E-state index in [4.69, 9.17) is 10.5 Å². The highest BCUT2D eigenvalue weighted by atomic mass is 16.6. The van der Waals surface area contributed by atoms with Crippen molar-refractivity contribution in [1.82, 2.24) is 0 Å². The summed E-state index contributed by atoms with van der Waals surface area (Å²) < 4.78 is 5.18. The van der Waals surface area contributed by atoms with Gasteiger partial charge in [-0.15, -0.1) is 10.2 Å².